The summed E-state index contributed by atoms with van der Waals surface area (Å²) >= 11 is 6.26. The smallest absolute Gasteiger partial charge is 0.171 e. The molecule has 0 aliphatic carbocycles. The molecule has 0 fully saturated rings. The van der Waals surface area contributed by atoms with Crippen molar-refractivity contribution < 1.29 is 14.3 Å². The molecule has 2 aromatic heterocycles. The van der Waals surface area contributed by atoms with Crippen LogP contribution in [0.15, 0.2) is 48.8 Å². The zero-order chi connectivity index (χ0) is 23.8. The van der Waals surface area contributed by atoms with Gasteiger partial charge in [0.05, 0.1) is 19.6 Å². The van der Waals surface area contributed by atoms with E-state index in [9.17, 15) is 4.79 Å². The van der Waals surface area contributed by atoms with Crippen LogP contribution < -0.4 is 9.47 Å². The van der Waals surface area contributed by atoms with Crippen molar-refractivity contribution in [2.24, 2.45) is 5.92 Å². The molecule has 3 heterocycles. The summed E-state index contributed by atoms with van der Waals surface area (Å²) in [7, 11) is 5.72. The molecular weight excluding hydrogens is 452 g/mol. The third-order valence-electron chi connectivity index (χ3n) is 6.39. The average molecular weight is 479 g/mol. The first-order valence-electron chi connectivity index (χ1n) is 11.3. The zero-order valence-corrected chi connectivity index (χ0v) is 20.2. The van der Waals surface area contributed by atoms with E-state index in [2.05, 4.69) is 25.7 Å². The number of rotatable bonds is 7. The minimum absolute atomic E-state index is 0.0937. The van der Waals surface area contributed by atoms with Gasteiger partial charge in [-0.05, 0) is 55.9 Å². The molecule has 0 amide bonds. The largest absolute Gasteiger partial charge is 0.497 e. The van der Waals surface area contributed by atoms with Crippen LogP contribution in [-0.4, -0.2) is 59.8 Å². The van der Waals surface area contributed by atoms with Gasteiger partial charge in [-0.15, -0.1) is 0 Å². The molecule has 1 N–H and O–H groups in total. The number of ketones is 1. The van der Waals surface area contributed by atoms with Gasteiger partial charge in [-0.1, -0.05) is 23.7 Å². The van der Waals surface area contributed by atoms with Crippen molar-refractivity contribution in [3.05, 3.63) is 65.1 Å². The van der Waals surface area contributed by atoms with Gasteiger partial charge in [0.25, 0.3) is 0 Å². The Morgan fingerprint density at radius 2 is 2.15 bits per heavy atom. The summed E-state index contributed by atoms with van der Waals surface area (Å²) in [6.45, 7) is 1.99. The number of nitrogens with one attached hydrogen (secondary N) is 1. The summed E-state index contributed by atoms with van der Waals surface area (Å²) in [4.78, 5) is 15.9. The van der Waals surface area contributed by atoms with Crippen LogP contribution in [0.4, 0.5) is 0 Å². The number of fused-ring (bicyclic) bond motifs is 2. The summed E-state index contributed by atoms with van der Waals surface area (Å²) in [5, 5.41) is 8.20. The number of methoxy groups -OCH3 is 1. The molecule has 1 aliphatic heterocycles. The fraction of sp³-hybridized carbons (Fsp3) is 0.308. The number of carbonyl (C=O) groups is 1. The maximum Gasteiger partial charge on any atom is 0.171 e. The Balaban J connectivity index is 1.52. The number of halogens is 1. The van der Waals surface area contributed by atoms with E-state index < -0.39 is 0 Å². The predicted octanol–water partition coefficient (Wildman–Crippen LogP) is 4.69. The van der Waals surface area contributed by atoms with Crippen molar-refractivity contribution >= 4 is 28.3 Å². The molecule has 0 spiro atoms. The monoisotopic (exact) mass is 478 g/mol. The second kappa shape index (κ2) is 9.16. The molecule has 1 aliphatic rings. The Bertz CT molecular complexity index is 1360. The maximum atomic E-state index is 13.7. The van der Waals surface area contributed by atoms with Gasteiger partial charge in [-0.2, -0.15) is 5.10 Å². The van der Waals surface area contributed by atoms with E-state index >= 15 is 0 Å². The summed E-state index contributed by atoms with van der Waals surface area (Å²) in [6.07, 6.45) is 4.39. The number of Topliss-reactive ketones (excluding diaryl/α,β-unsaturated/α-hetero) is 1. The van der Waals surface area contributed by atoms with Gasteiger partial charge in [0, 0.05) is 47.5 Å². The molecule has 0 radical (unpaired) electrons. The number of hydrogen-bond acceptors (Lipinski definition) is 5. The highest BCUT2D eigenvalue weighted by Gasteiger charge is 2.29. The van der Waals surface area contributed by atoms with Crippen molar-refractivity contribution in [2.45, 2.75) is 13.0 Å². The van der Waals surface area contributed by atoms with E-state index in [1.807, 2.05) is 50.6 Å². The highest BCUT2D eigenvalue weighted by atomic mass is 35.5. The lowest BCUT2D eigenvalue weighted by atomic mass is 9.89. The van der Waals surface area contributed by atoms with Crippen molar-refractivity contribution in [1.82, 2.24) is 19.7 Å². The van der Waals surface area contributed by atoms with Crippen LogP contribution in [0, 0.1) is 5.92 Å². The van der Waals surface area contributed by atoms with Crippen LogP contribution in [0.2, 0.25) is 5.15 Å². The van der Waals surface area contributed by atoms with Gasteiger partial charge < -0.3 is 18.9 Å². The first-order valence-corrected chi connectivity index (χ1v) is 11.6. The summed E-state index contributed by atoms with van der Waals surface area (Å²) < 4.78 is 13.4. The molecule has 4 aromatic rings. The Kier molecular flexibility index (Phi) is 6.06. The lowest BCUT2D eigenvalue weighted by Crippen LogP contribution is -2.28. The lowest BCUT2D eigenvalue weighted by molar-refractivity contribution is 0.0856. The van der Waals surface area contributed by atoms with Crippen molar-refractivity contribution in [3.63, 3.8) is 0 Å². The Morgan fingerprint density at radius 3 is 2.88 bits per heavy atom. The van der Waals surface area contributed by atoms with E-state index in [0.29, 0.717) is 18.2 Å². The number of carbonyl (C=O) groups excluding carboxylic acids is 1. The Hall–Kier alpha value is -3.29. The van der Waals surface area contributed by atoms with Gasteiger partial charge in [0.15, 0.2) is 10.9 Å². The second-order valence-corrected chi connectivity index (χ2v) is 9.27. The van der Waals surface area contributed by atoms with Gasteiger partial charge in [-0.3, -0.25) is 9.89 Å². The number of hydrogen-bond donors (Lipinski definition) is 1. The van der Waals surface area contributed by atoms with Crippen LogP contribution in [0.25, 0.3) is 22.0 Å². The van der Waals surface area contributed by atoms with Gasteiger partial charge in [0.2, 0.25) is 0 Å². The highest BCUT2D eigenvalue weighted by Crippen LogP contribution is 2.35. The predicted molar refractivity (Wildman–Crippen MR) is 133 cm³/mol. The molecular formula is C26H27ClN4O3. The van der Waals surface area contributed by atoms with E-state index in [4.69, 9.17) is 21.1 Å². The zero-order valence-electron chi connectivity index (χ0n) is 19.5. The molecule has 7 nitrogen and oxygen atoms in total. The fourth-order valence-electron chi connectivity index (χ4n) is 4.51. The Morgan fingerprint density at radius 1 is 1.29 bits per heavy atom. The van der Waals surface area contributed by atoms with Crippen molar-refractivity contribution in [2.75, 3.05) is 34.4 Å². The molecule has 0 unspecified atom stereocenters. The van der Waals surface area contributed by atoms with Gasteiger partial charge in [-0.25, -0.2) is 0 Å². The number of aromatic amines is 1. The van der Waals surface area contributed by atoms with E-state index in [-0.39, 0.29) is 11.7 Å². The minimum atomic E-state index is -0.254. The number of benzene rings is 2. The molecule has 34 heavy (non-hydrogen) atoms. The van der Waals surface area contributed by atoms with Gasteiger partial charge >= 0.3 is 0 Å². The van der Waals surface area contributed by atoms with E-state index in [1.54, 1.807) is 13.3 Å². The average Bonchev–Trinajstić information content (AvgIpc) is 3.44. The summed E-state index contributed by atoms with van der Waals surface area (Å²) in [5.74, 6) is 1.42. The maximum absolute atomic E-state index is 13.7. The van der Waals surface area contributed by atoms with Crippen LogP contribution in [0.5, 0.6) is 11.5 Å². The van der Waals surface area contributed by atoms with Crippen LogP contribution in [0.3, 0.4) is 0 Å². The van der Waals surface area contributed by atoms with E-state index in [0.717, 1.165) is 57.7 Å². The fourth-order valence-corrected chi connectivity index (χ4v) is 4.72. The molecule has 176 valence electrons. The quantitative estimate of drug-likeness (QED) is 0.390. The standard InChI is InChI=1S/C26H27ClN4O3/c1-30(2)8-9-31-14-22(20-6-4-16(12-23(20)31)21-13-28-29-26(21)27)25(32)18-10-17-11-19(33-3)5-7-24(17)34-15-18/h4-7,11-14,18H,8-10,15H2,1-3H3,(H,28,29)/t18-/m1/s1. The normalized spacial score (nSPS) is 15.4. The first-order chi connectivity index (χ1) is 16.4. The highest BCUT2D eigenvalue weighted by molar-refractivity contribution is 6.32. The molecule has 1 atom stereocenters. The first kappa shape index (κ1) is 22.5. The minimum Gasteiger partial charge on any atom is -0.497 e. The molecule has 0 bridgehead atoms. The number of H-pyrrole nitrogens is 1. The van der Waals surface area contributed by atoms with Crippen LogP contribution in [0.1, 0.15) is 15.9 Å². The third kappa shape index (κ3) is 4.17. The topological polar surface area (TPSA) is 72.4 Å². The van der Waals surface area contributed by atoms with Crippen molar-refractivity contribution in [1.29, 1.82) is 0 Å². The number of likely N-dealkylation sites (N-methyl/N-ethyl adjacent to an activating group) is 1. The van der Waals surface area contributed by atoms with Gasteiger partial charge in [0.1, 0.15) is 11.5 Å². The third-order valence-corrected chi connectivity index (χ3v) is 6.67. The summed E-state index contributed by atoms with van der Waals surface area (Å²) in [5.41, 5.74) is 4.51. The molecule has 0 saturated carbocycles. The van der Waals surface area contributed by atoms with Crippen LogP contribution >= 0.6 is 11.6 Å². The summed E-state index contributed by atoms with van der Waals surface area (Å²) in [6, 6.07) is 11.8. The lowest BCUT2D eigenvalue weighted by Gasteiger charge is -2.24. The van der Waals surface area contributed by atoms with Crippen molar-refractivity contribution in [3.8, 4) is 22.6 Å². The molecule has 0 saturated heterocycles. The number of ether oxygens (including phenoxy) is 2. The molecule has 2 aromatic carbocycles. The number of nitrogens with zero attached hydrogens (tertiary/aromatic N) is 3. The number of aromatic nitrogens is 3. The molecule has 5 rings (SSSR count). The SMILES string of the molecule is COc1ccc2c(c1)C[C@@H](C(=O)c1cn(CCN(C)C)c3cc(-c4c[nH]nc4Cl)ccc13)CO2. The second-order valence-electron chi connectivity index (χ2n) is 8.91. The molecule has 8 heteroatoms. The Labute approximate surface area is 203 Å². The van der Waals surface area contributed by atoms with Crippen LogP contribution in [-0.2, 0) is 13.0 Å². The van der Waals surface area contributed by atoms with E-state index in [1.165, 1.54) is 0 Å².